The molecular formula is C24H26ClN3O. The zero-order valence-electron chi connectivity index (χ0n) is 17.3. The summed E-state index contributed by atoms with van der Waals surface area (Å²) >= 11 is 6.53. The zero-order chi connectivity index (χ0) is 20.7. The van der Waals surface area contributed by atoms with Crippen LogP contribution < -0.4 is 5.32 Å². The molecule has 3 aromatic rings. The third-order valence-corrected chi connectivity index (χ3v) is 5.93. The number of aryl methyl sites for hydroxylation is 4. The molecule has 0 bridgehead atoms. The Morgan fingerprint density at radius 2 is 1.79 bits per heavy atom. The van der Waals surface area contributed by atoms with Crippen LogP contribution in [0.5, 0.6) is 0 Å². The van der Waals surface area contributed by atoms with Gasteiger partial charge in [-0.05, 0) is 81.0 Å². The van der Waals surface area contributed by atoms with E-state index >= 15 is 0 Å². The van der Waals surface area contributed by atoms with E-state index in [2.05, 4.69) is 48.4 Å². The first-order valence-corrected chi connectivity index (χ1v) is 10.4. The SMILES string of the molecule is Cc1cc(C)cc(NC(=O)N(Cc2cc3ccc(C)c(C)c3nc2Cl)C2CC2)c1. The summed E-state index contributed by atoms with van der Waals surface area (Å²) in [4.78, 5) is 19.6. The fourth-order valence-electron chi connectivity index (χ4n) is 3.79. The average Bonchev–Trinajstić information content (AvgIpc) is 3.47. The quantitative estimate of drug-likeness (QED) is 0.514. The molecule has 0 saturated heterocycles. The van der Waals surface area contributed by atoms with Gasteiger partial charge in [-0.2, -0.15) is 0 Å². The Labute approximate surface area is 176 Å². The molecule has 1 heterocycles. The molecule has 1 saturated carbocycles. The lowest BCUT2D eigenvalue weighted by molar-refractivity contribution is 0.206. The van der Waals surface area contributed by atoms with Crippen molar-refractivity contribution in [2.24, 2.45) is 0 Å². The number of benzene rings is 2. The Hall–Kier alpha value is -2.59. The minimum Gasteiger partial charge on any atom is -0.317 e. The molecule has 1 N–H and O–H groups in total. The molecule has 5 heteroatoms. The van der Waals surface area contributed by atoms with Gasteiger partial charge in [0.1, 0.15) is 5.15 Å². The molecule has 1 aromatic heterocycles. The Kier molecular flexibility index (Phi) is 5.22. The van der Waals surface area contributed by atoms with Crippen LogP contribution in [0.1, 0.15) is 40.7 Å². The Morgan fingerprint density at radius 3 is 2.45 bits per heavy atom. The van der Waals surface area contributed by atoms with Gasteiger partial charge in [-0.3, -0.25) is 0 Å². The van der Waals surface area contributed by atoms with Gasteiger partial charge in [0.2, 0.25) is 0 Å². The topological polar surface area (TPSA) is 45.2 Å². The van der Waals surface area contributed by atoms with Crippen LogP contribution in [0.15, 0.2) is 36.4 Å². The highest BCUT2D eigenvalue weighted by atomic mass is 35.5. The Morgan fingerprint density at radius 1 is 1.10 bits per heavy atom. The summed E-state index contributed by atoms with van der Waals surface area (Å²) in [7, 11) is 0. The summed E-state index contributed by atoms with van der Waals surface area (Å²) in [6.45, 7) is 8.66. The van der Waals surface area contributed by atoms with Crippen LogP contribution in [-0.2, 0) is 6.54 Å². The molecule has 0 aliphatic heterocycles. The van der Waals surface area contributed by atoms with E-state index in [-0.39, 0.29) is 12.1 Å². The predicted molar refractivity (Wildman–Crippen MR) is 120 cm³/mol. The highest BCUT2D eigenvalue weighted by molar-refractivity contribution is 6.30. The fourth-order valence-corrected chi connectivity index (χ4v) is 3.99. The number of carbonyl (C=O) groups is 1. The number of carbonyl (C=O) groups excluding carboxylic acids is 1. The van der Waals surface area contributed by atoms with Crippen molar-refractivity contribution in [1.29, 1.82) is 0 Å². The number of hydrogen-bond donors (Lipinski definition) is 1. The predicted octanol–water partition coefficient (Wildman–Crippen LogP) is 6.32. The molecule has 0 atom stereocenters. The summed E-state index contributed by atoms with van der Waals surface area (Å²) in [5, 5.41) is 4.58. The average molecular weight is 408 g/mol. The minimum atomic E-state index is -0.0891. The van der Waals surface area contributed by atoms with Crippen molar-refractivity contribution in [3.63, 3.8) is 0 Å². The molecular weight excluding hydrogens is 382 g/mol. The van der Waals surface area contributed by atoms with Gasteiger partial charge < -0.3 is 10.2 Å². The molecule has 0 spiro atoms. The van der Waals surface area contributed by atoms with E-state index in [1.165, 1.54) is 5.56 Å². The second-order valence-electron chi connectivity index (χ2n) is 8.18. The second kappa shape index (κ2) is 7.68. The summed E-state index contributed by atoms with van der Waals surface area (Å²) in [6, 6.07) is 12.5. The summed E-state index contributed by atoms with van der Waals surface area (Å²) < 4.78 is 0. The number of urea groups is 1. The first kappa shape index (κ1) is 19.7. The van der Waals surface area contributed by atoms with Crippen LogP contribution in [-0.4, -0.2) is 22.0 Å². The first-order chi connectivity index (χ1) is 13.8. The maximum absolute atomic E-state index is 13.0. The second-order valence-corrected chi connectivity index (χ2v) is 8.54. The van der Waals surface area contributed by atoms with Crippen LogP contribution in [0, 0.1) is 27.7 Å². The molecule has 150 valence electrons. The molecule has 0 radical (unpaired) electrons. The van der Waals surface area contributed by atoms with Crippen LogP contribution >= 0.6 is 11.6 Å². The lowest BCUT2D eigenvalue weighted by atomic mass is 10.0. The van der Waals surface area contributed by atoms with Crippen molar-refractivity contribution in [1.82, 2.24) is 9.88 Å². The minimum absolute atomic E-state index is 0.0891. The van der Waals surface area contributed by atoms with Gasteiger partial charge in [0.15, 0.2) is 0 Å². The molecule has 0 unspecified atom stereocenters. The third-order valence-electron chi connectivity index (χ3n) is 5.60. The highest BCUT2D eigenvalue weighted by Gasteiger charge is 2.33. The van der Waals surface area contributed by atoms with Gasteiger partial charge in [-0.25, -0.2) is 9.78 Å². The number of pyridine rings is 1. The van der Waals surface area contributed by atoms with Crippen molar-refractivity contribution in [3.8, 4) is 0 Å². The molecule has 1 aliphatic rings. The van der Waals surface area contributed by atoms with E-state index < -0.39 is 0 Å². The van der Waals surface area contributed by atoms with Crippen LogP contribution in [0.4, 0.5) is 10.5 Å². The van der Waals surface area contributed by atoms with Crippen molar-refractivity contribution in [2.45, 2.75) is 53.1 Å². The first-order valence-electron chi connectivity index (χ1n) is 10.0. The number of halogens is 1. The monoisotopic (exact) mass is 407 g/mol. The number of anilines is 1. The van der Waals surface area contributed by atoms with E-state index in [1.807, 2.05) is 30.9 Å². The van der Waals surface area contributed by atoms with Gasteiger partial charge in [0.25, 0.3) is 0 Å². The van der Waals surface area contributed by atoms with Gasteiger partial charge in [-0.1, -0.05) is 29.8 Å². The molecule has 2 amide bonds. The van der Waals surface area contributed by atoms with Gasteiger partial charge in [0.05, 0.1) is 12.1 Å². The maximum atomic E-state index is 13.0. The summed E-state index contributed by atoms with van der Waals surface area (Å²) in [6.07, 6.45) is 2.05. The number of nitrogens with zero attached hydrogens (tertiary/aromatic N) is 2. The Balaban J connectivity index is 1.61. The molecule has 29 heavy (non-hydrogen) atoms. The number of hydrogen-bond acceptors (Lipinski definition) is 2. The van der Waals surface area contributed by atoms with Crippen molar-refractivity contribution >= 4 is 34.2 Å². The largest absolute Gasteiger partial charge is 0.322 e. The normalized spacial score (nSPS) is 13.6. The van der Waals surface area contributed by atoms with Gasteiger partial charge in [0, 0.05) is 22.7 Å². The van der Waals surface area contributed by atoms with Crippen molar-refractivity contribution < 1.29 is 4.79 Å². The van der Waals surface area contributed by atoms with Crippen LogP contribution in [0.2, 0.25) is 5.15 Å². The van der Waals surface area contributed by atoms with Crippen LogP contribution in [0.25, 0.3) is 10.9 Å². The molecule has 1 fully saturated rings. The molecule has 4 rings (SSSR count). The number of amides is 2. The number of nitrogens with one attached hydrogen (secondary N) is 1. The van der Waals surface area contributed by atoms with E-state index in [9.17, 15) is 4.79 Å². The summed E-state index contributed by atoms with van der Waals surface area (Å²) in [5.41, 5.74) is 7.23. The van der Waals surface area contributed by atoms with Gasteiger partial charge in [-0.15, -0.1) is 0 Å². The van der Waals surface area contributed by atoms with Gasteiger partial charge >= 0.3 is 6.03 Å². The smallest absolute Gasteiger partial charge is 0.317 e. The fraction of sp³-hybridized carbons (Fsp3) is 0.333. The van der Waals surface area contributed by atoms with E-state index in [0.29, 0.717) is 11.7 Å². The van der Waals surface area contributed by atoms with Crippen molar-refractivity contribution in [3.05, 3.63) is 69.4 Å². The highest BCUT2D eigenvalue weighted by Crippen LogP contribution is 2.32. The van der Waals surface area contributed by atoms with E-state index in [1.54, 1.807) is 0 Å². The van der Waals surface area contributed by atoms with E-state index in [4.69, 9.17) is 11.6 Å². The molecule has 4 nitrogen and oxygen atoms in total. The number of rotatable bonds is 4. The standard InChI is InChI=1S/C24H26ClN3O/c1-14-9-15(2)11-20(10-14)26-24(29)28(21-7-8-21)13-19-12-18-6-5-16(3)17(4)22(18)27-23(19)25/h5-6,9-12,21H,7-8,13H2,1-4H3,(H,26,29). The maximum Gasteiger partial charge on any atom is 0.322 e. The third kappa shape index (κ3) is 4.23. The molecule has 1 aliphatic carbocycles. The Bertz CT molecular complexity index is 1080. The van der Waals surface area contributed by atoms with Crippen LogP contribution in [0.3, 0.4) is 0 Å². The van der Waals surface area contributed by atoms with Crippen molar-refractivity contribution in [2.75, 3.05) is 5.32 Å². The van der Waals surface area contributed by atoms with E-state index in [0.717, 1.165) is 51.7 Å². The summed E-state index contributed by atoms with van der Waals surface area (Å²) in [5.74, 6) is 0. The zero-order valence-corrected chi connectivity index (χ0v) is 18.1. The molecule has 2 aromatic carbocycles. The lowest BCUT2D eigenvalue weighted by Gasteiger charge is -2.24. The number of aromatic nitrogens is 1. The number of fused-ring (bicyclic) bond motifs is 1. The lowest BCUT2D eigenvalue weighted by Crippen LogP contribution is -2.36.